The van der Waals surface area contributed by atoms with Crippen molar-refractivity contribution < 1.29 is 38.4 Å². The maximum atomic E-state index is 14.1. The van der Waals surface area contributed by atoms with Gasteiger partial charge in [0.2, 0.25) is 23.1 Å². The predicted octanol–water partition coefficient (Wildman–Crippen LogP) is 2.62. The largest absolute Gasteiger partial charge is 0.396 e. The first-order valence-corrected chi connectivity index (χ1v) is 23.3. The van der Waals surface area contributed by atoms with E-state index in [2.05, 4.69) is 35.6 Å². The fraction of sp³-hybridized carbons (Fsp3) is 0.347. The molecule has 0 aliphatic heterocycles. The highest BCUT2D eigenvalue weighted by Crippen LogP contribution is 2.35. The molecule has 1 unspecified atom stereocenters. The van der Waals surface area contributed by atoms with Gasteiger partial charge in [0.25, 0.3) is 11.8 Å². The molecular formula is C49H64N16O8. The number of amides is 2. The fourth-order valence-corrected chi connectivity index (χ4v) is 9.27. The Kier molecular flexibility index (Phi) is 15.4. The van der Waals surface area contributed by atoms with Crippen molar-refractivity contribution >= 4 is 80.6 Å². The summed E-state index contributed by atoms with van der Waals surface area (Å²) in [6.07, 6.45) is 1.95. The van der Waals surface area contributed by atoms with Crippen LogP contribution in [0.15, 0.2) is 6.20 Å². The van der Waals surface area contributed by atoms with E-state index in [-0.39, 0.29) is 151 Å². The van der Waals surface area contributed by atoms with Crippen molar-refractivity contribution in [1.82, 2.24) is 45.0 Å². The average molecular weight is 1010 g/mol. The van der Waals surface area contributed by atoms with E-state index in [0.717, 1.165) is 0 Å². The van der Waals surface area contributed by atoms with Crippen molar-refractivity contribution in [3.05, 3.63) is 102 Å². The Balaban J connectivity index is 1.11. The number of nitrogens with one attached hydrogen (secondary N) is 7. The molecule has 6 aromatic heterocycles. The van der Waals surface area contributed by atoms with Gasteiger partial charge in [-0.1, -0.05) is 0 Å². The molecule has 6 aromatic rings. The second kappa shape index (κ2) is 21.0. The number of carbonyl (C=O) groups is 8. The third-order valence-corrected chi connectivity index (χ3v) is 12.7. The second-order valence-corrected chi connectivity index (χ2v) is 18.5. The molecule has 0 aromatic carbocycles. The number of nitrogen functional groups attached to an aromatic ring is 6. The highest BCUT2D eigenvalue weighted by Gasteiger charge is 2.34. The molecule has 0 aliphatic carbocycles. The number of rotatable bonds is 22. The lowest BCUT2D eigenvalue weighted by atomic mass is 10.0. The van der Waals surface area contributed by atoms with Crippen LogP contribution in [0.25, 0.3) is 0 Å². The molecule has 0 radical (unpaired) electrons. The van der Waals surface area contributed by atoms with Gasteiger partial charge in [-0.15, -0.1) is 0 Å². The summed E-state index contributed by atoms with van der Waals surface area (Å²) < 4.78 is 1.36. The van der Waals surface area contributed by atoms with Gasteiger partial charge in [0, 0.05) is 73.7 Å². The highest BCUT2D eigenvalue weighted by atomic mass is 16.2. The number of hydrogen-bond acceptors (Lipinski definition) is 16. The first-order valence-electron chi connectivity index (χ1n) is 23.3. The molecular weight excluding hydrogens is 941 g/mol. The van der Waals surface area contributed by atoms with Crippen LogP contribution in [0.2, 0.25) is 0 Å². The van der Waals surface area contributed by atoms with Crippen LogP contribution in [0.5, 0.6) is 0 Å². The predicted molar refractivity (Wildman–Crippen MR) is 277 cm³/mol. The molecule has 0 fully saturated rings. The van der Waals surface area contributed by atoms with Crippen LogP contribution in [0.1, 0.15) is 167 Å². The molecule has 73 heavy (non-hydrogen) atoms. The smallest absolute Gasteiger partial charge is 0.270 e. The Hall–Kier alpha value is -8.64. The van der Waals surface area contributed by atoms with E-state index in [1.165, 1.54) is 17.8 Å². The number of nitrogens with two attached hydrogens (primary N) is 7. The van der Waals surface area contributed by atoms with E-state index in [0.29, 0.717) is 36.6 Å². The third-order valence-electron chi connectivity index (χ3n) is 12.7. The Bertz CT molecular complexity index is 3260. The average Bonchev–Trinajstić information content (AvgIpc) is 4.12. The third kappa shape index (κ3) is 10.0. The number of carbonyl (C=O) groups excluding carboxylic acids is 8. The number of aromatic nitrogens is 6. The lowest BCUT2D eigenvalue weighted by Crippen LogP contribution is -2.39. The molecule has 0 aliphatic rings. The summed E-state index contributed by atoms with van der Waals surface area (Å²) in [6, 6.07) is -0.226. The maximum absolute atomic E-state index is 14.1. The van der Waals surface area contributed by atoms with Crippen molar-refractivity contribution in [2.24, 2.45) is 12.8 Å². The number of anilines is 6. The topological polar surface area (TPSA) is 430 Å². The van der Waals surface area contributed by atoms with Gasteiger partial charge >= 0.3 is 0 Å². The number of Topliss-reactive ketones (excluding diaryl/α,β-unsaturated/α-hetero) is 2. The van der Waals surface area contributed by atoms with Crippen LogP contribution in [0.4, 0.5) is 34.1 Å². The quantitative estimate of drug-likeness (QED) is 0.0343. The fourth-order valence-electron chi connectivity index (χ4n) is 9.27. The van der Waals surface area contributed by atoms with E-state index in [4.69, 9.17) is 40.1 Å². The summed E-state index contributed by atoms with van der Waals surface area (Å²) in [7, 11) is 5.24. The lowest BCUT2D eigenvalue weighted by molar-refractivity contribution is 0.0926. The van der Waals surface area contributed by atoms with Crippen molar-refractivity contribution in [3.63, 3.8) is 0 Å². The lowest BCUT2D eigenvalue weighted by Gasteiger charge is -2.18. The SMILES string of the molecule is Cc1[nH]c(C(=O)c2c(C)[nH]c(C(=O)c3cn(C)c(C(=O)NCCCC(=O)c4c(C)[nH]c(C(=O)c5c(C)[nH]c(C(=O)c6c(C)[nH]c(C(=O)NC(C)CN(C)C)c6N)c5N)c4N)c3N)c2N)c(N)c1C(=O)CCCN. The van der Waals surface area contributed by atoms with Crippen LogP contribution in [0.3, 0.4) is 0 Å². The number of H-pyrrole nitrogens is 5. The number of aromatic amines is 5. The zero-order valence-electron chi connectivity index (χ0n) is 42.3. The molecule has 0 saturated heterocycles. The maximum Gasteiger partial charge on any atom is 0.270 e. The van der Waals surface area contributed by atoms with Crippen LogP contribution in [0, 0.1) is 34.6 Å². The molecule has 6 rings (SSSR count). The Morgan fingerprint density at radius 3 is 1.34 bits per heavy atom. The van der Waals surface area contributed by atoms with Gasteiger partial charge in [0.05, 0.1) is 67.5 Å². The van der Waals surface area contributed by atoms with Crippen molar-refractivity contribution in [2.45, 2.75) is 73.3 Å². The van der Waals surface area contributed by atoms with Crippen LogP contribution in [-0.2, 0) is 7.05 Å². The molecule has 6 heterocycles. The highest BCUT2D eigenvalue weighted by molar-refractivity contribution is 6.24. The first kappa shape index (κ1) is 53.7. The molecule has 0 bridgehead atoms. The summed E-state index contributed by atoms with van der Waals surface area (Å²) in [6.45, 7) is 10.5. The van der Waals surface area contributed by atoms with Crippen LogP contribution >= 0.6 is 0 Å². The molecule has 0 spiro atoms. The number of aryl methyl sites for hydroxylation is 6. The molecule has 24 nitrogen and oxygen atoms in total. The minimum atomic E-state index is -0.703. The molecule has 24 heteroatoms. The van der Waals surface area contributed by atoms with Gasteiger partial charge in [-0.2, -0.15) is 0 Å². The zero-order chi connectivity index (χ0) is 54.2. The number of ketones is 6. The first-order chi connectivity index (χ1) is 34.2. The minimum absolute atomic E-state index is 0.00239. The molecule has 388 valence electrons. The van der Waals surface area contributed by atoms with Gasteiger partial charge < -0.3 is 85.2 Å². The number of hydrogen-bond donors (Lipinski definition) is 14. The Labute approximate surface area is 419 Å². The normalized spacial score (nSPS) is 11.8. The van der Waals surface area contributed by atoms with Gasteiger partial charge in [0.1, 0.15) is 34.2 Å². The summed E-state index contributed by atoms with van der Waals surface area (Å²) in [5.41, 5.74) is 44.1. The molecule has 0 saturated carbocycles. The van der Waals surface area contributed by atoms with Crippen molar-refractivity contribution in [2.75, 3.05) is 68.1 Å². The van der Waals surface area contributed by atoms with Gasteiger partial charge in [-0.05, 0) is 75.0 Å². The molecule has 1 atom stereocenters. The minimum Gasteiger partial charge on any atom is -0.396 e. The summed E-state index contributed by atoms with van der Waals surface area (Å²) in [5, 5.41) is 5.56. The Morgan fingerprint density at radius 2 is 0.918 bits per heavy atom. The Morgan fingerprint density at radius 1 is 0.548 bits per heavy atom. The summed E-state index contributed by atoms with van der Waals surface area (Å²) in [4.78, 5) is 125. The standard InChI is InChI=1S/C49H64N16O8/c1-18(16-64(7)8)58-48(72)42-37(56)31(23(6)63-42)47(71)41-36(55)30(22(5)62-41)46(70)40-34(53)28(20(3)60-40)26(67)13-11-15-57-49(73)43-32(51)24(17-65(43)9)44(68)38-35(54)29(21(4)61-38)45(69)39-33(52)27(19(2)59-39)25(66)12-10-14-50/h17-18,59-63H,10-16,50-56H2,1-9H3,(H,57,73)(H,58,72). The van der Waals surface area contributed by atoms with Gasteiger partial charge in [-0.25, -0.2) is 0 Å². The monoisotopic (exact) mass is 1000 g/mol. The molecule has 2 amide bonds. The van der Waals surface area contributed by atoms with Crippen LogP contribution in [-0.4, -0.2) is 121 Å². The van der Waals surface area contributed by atoms with E-state index < -0.39 is 40.7 Å². The number of likely N-dealkylation sites (N-methyl/N-ethyl adjacent to an activating group) is 1. The van der Waals surface area contributed by atoms with E-state index >= 15 is 0 Å². The van der Waals surface area contributed by atoms with Crippen LogP contribution < -0.4 is 50.8 Å². The van der Waals surface area contributed by atoms with Crippen molar-refractivity contribution in [1.29, 1.82) is 0 Å². The van der Waals surface area contributed by atoms with Gasteiger partial charge in [-0.3, -0.25) is 38.4 Å². The van der Waals surface area contributed by atoms with E-state index in [1.807, 2.05) is 25.9 Å². The van der Waals surface area contributed by atoms with E-state index in [9.17, 15) is 38.4 Å². The van der Waals surface area contributed by atoms with Crippen molar-refractivity contribution in [3.8, 4) is 0 Å². The summed E-state index contributed by atoms with van der Waals surface area (Å²) >= 11 is 0. The zero-order valence-corrected chi connectivity index (χ0v) is 42.3. The summed E-state index contributed by atoms with van der Waals surface area (Å²) in [5.74, 6) is -4.56. The molecule has 21 N–H and O–H groups in total. The number of nitrogens with zero attached hydrogens (tertiary/aromatic N) is 2. The van der Waals surface area contributed by atoms with Gasteiger partial charge in [0.15, 0.2) is 11.6 Å². The van der Waals surface area contributed by atoms with E-state index in [1.54, 1.807) is 34.6 Å². The second-order valence-electron chi connectivity index (χ2n) is 18.5.